The lowest BCUT2D eigenvalue weighted by molar-refractivity contribution is -0.139. The molecule has 0 aliphatic heterocycles. The summed E-state index contributed by atoms with van der Waals surface area (Å²) < 4.78 is 45.2. The fourth-order valence-corrected chi connectivity index (χ4v) is 2.01. The fraction of sp³-hybridized carbons (Fsp3) is 0.714. The van der Waals surface area contributed by atoms with Gasteiger partial charge in [-0.05, 0) is 27.2 Å². The monoisotopic (exact) mass is 338 g/mol. The summed E-state index contributed by atoms with van der Waals surface area (Å²) in [7, 11) is 0. The molecule has 0 aliphatic rings. The van der Waals surface area contributed by atoms with E-state index < -0.39 is 41.7 Å². The predicted octanol–water partition coefficient (Wildman–Crippen LogP) is 1.40. The van der Waals surface area contributed by atoms with E-state index in [0.29, 0.717) is 17.4 Å². The van der Waals surface area contributed by atoms with Crippen LogP contribution in [0.2, 0.25) is 0 Å². The zero-order valence-corrected chi connectivity index (χ0v) is 13.3. The molecule has 0 aromatic carbocycles. The Bertz CT molecular complexity index is 634. The molecule has 0 bridgehead atoms. The number of aliphatic hydroxyl groups is 1. The Kier molecular flexibility index (Phi) is 6.57. The molecule has 1 N–H and O–H groups in total. The van der Waals surface area contributed by atoms with E-state index in [4.69, 9.17) is 4.74 Å². The highest BCUT2D eigenvalue weighted by atomic mass is 19.4. The van der Waals surface area contributed by atoms with Gasteiger partial charge in [0.05, 0.1) is 12.6 Å². The summed E-state index contributed by atoms with van der Waals surface area (Å²) in [6.07, 6.45) is -5.40. The van der Waals surface area contributed by atoms with Crippen molar-refractivity contribution < 1.29 is 23.0 Å². The predicted molar refractivity (Wildman–Crippen MR) is 77.5 cm³/mol. The van der Waals surface area contributed by atoms with Crippen LogP contribution in [-0.4, -0.2) is 33.6 Å². The molecule has 1 rings (SSSR count). The first kappa shape index (κ1) is 19.4. The number of rotatable bonds is 7. The molecule has 23 heavy (non-hydrogen) atoms. The van der Waals surface area contributed by atoms with Crippen molar-refractivity contribution in [2.75, 3.05) is 13.2 Å². The van der Waals surface area contributed by atoms with E-state index >= 15 is 0 Å². The Morgan fingerprint density at radius 1 is 1.30 bits per heavy atom. The fourth-order valence-electron chi connectivity index (χ4n) is 2.01. The smallest absolute Gasteiger partial charge is 0.391 e. The molecule has 132 valence electrons. The average molecular weight is 338 g/mol. The highest BCUT2D eigenvalue weighted by Crippen LogP contribution is 2.26. The second kappa shape index (κ2) is 7.78. The summed E-state index contributed by atoms with van der Waals surface area (Å²) >= 11 is 0. The van der Waals surface area contributed by atoms with Crippen LogP contribution in [0.4, 0.5) is 13.2 Å². The average Bonchev–Trinajstić information content (AvgIpc) is 2.42. The molecule has 6 nitrogen and oxygen atoms in total. The summed E-state index contributed by atoms with van der Waals surface area (Å²) in [6.45, 7) is 4.91. The maximum atomic E-state index is 13.0. The van der Waals surface area contributed by atoms with Gasteiger partial charge in [-0.2, -0.15) is 13.2 Å². The molecule has 1 unspecified atom stereocenters. The number of hydrogen-bond donors (Lipinski definition) is 1. The van der Waals surface area contributed by atoms with Crippen LogP contribution in [0.25, 0.3) is 0 Å². The van der Waals surface area contributed by atoms with Crippen molar-refractivity contribution in [3.05, 3.63) is 32.6 Å². The van der Waals surface area contributed by atoms with E-state index in [1.54, 1.807) is 6.92 Å². The summed E-state index contributed by atoms with van der Waals surface area (Å²) in [5.74, 6) is 0. The Morgan fingerprint density at radius 3 is 2.39 bits per heavy atom. The van der Waals surface area contributed by atoms with Crippen molar-refractivity contribution in [3.8, 4) is 0 Å². The lowest BCUT2D eigenvalue weighted by Crippen LogP contribution is -2.45. The topological polar surface area (TPSA) is 73.5 Å². The summed E-state index contributed by atoms with van der Waals surface area (Å²) in [5, 5.41) is 9.83. The number of aliphatic hydroxyl groups excluding tert-OH is 1. The molecule has 0 radical (unpaired) electrons. The van der Waals surface area contributed by atoms with Gasteiger partial charge in [0.1, 0.15) is 5.56 Å². The third-order valence-corrected chi connectivity index (χ3v) is 3.25. The molecule has 1 aromatic heterocycles. The van der Waals surface area contributed by atoms with Gasteiger partial charge in [-0.15, -0.1) is 0 Å². The number of alkyl halides is 3. The van der Waals surface area contributed by atoms with Crippen molar-refractivity contribution in [3.63, 3.8) is 0 Å². The van der Waals surface area contributed by atoms with Crippen LogP contribution < -0.4 is 11.2 Å². The molecule has 0 fully saturated rings. The minimum absolute atomic E-state index is 0.109. The van der Waals surface area contributed by atoms with Crippen molar-refractivity contribution in [2.24, 2.45) is 0 Å². The van der Waals surface area contributed by atoms with Crippen LogP contribution in [-0.2, 0) is 17.5 Å². The number of nitrogens with zero attached hydrogens (tertiary/aromatic N) is 2. The molecule has 0 saturated carbocycles. The van der Waals surface area contributed by atoms with E-state index in [2.05, 4.69) is 0 Å². The maximum Gasteiger partial charge on any atom is 0.423 e. The molecular formula is C14H21F3N2O4. The van der Waals surface area contributed by atoms with Crippen LogP contribution >= 0.6 is 0 Å². The number of hydrogen-bond acceptors (Lipinski definition) is 4. The van der Waals surface area contributed by atoms with Crippen LogP contribution in [0, 0.1) is 0 Å². The number of aromatic nitrogens is 2. The maximum absolute atomic E-state index is 13.0. The lowest BCUT2D eigenvalue weighted by atomic mass is 10.2. The van der Waals surface area contributed by atoms with Crippen molar-refractivity contribution in [2.45, 2.75) is 52.1 Å². The third kappa shape index (κ3) is 4.93. The van der Waals surface area contributed by atoms with Crippen molar-refractivity contribution in [1.29, 1.82) is 0 Å². The zero-order valence-electron chi connectivity index (χ0n) is 13.3. The molecule has 0 spiro atoms. The van der Waals surface area contributed by atoms with E-state index in [1.807, 2.05) is 0 Å². The number of halogens is 3. The Balaban J connectivity index is 3.27. The van der Waals surface area contributed by atoms with Gasteiger partial charge in [-0.25, -0.2) is 4.79 Å². The third-order valence-electron chi connectivity index (χ3n) is 3.25. The van der Waals surface area contributed by atoms with Crippen LogP contribution in [0.5, 0.6) is 0 Å². The van der Waals surface area contributed by atoms with Gasteiger partial charge in [0.25, 0.3) is 5.56 Å². The van der Waals surface area contributed by atoms with E-state index in [9.17, 15) is 27.9 Å². The minimum Gasteiger partial charge on any atom is -0.391 e. The van der Waals surface area contributed by atoms with Crippen molar-refractivity contribution in [1.82, 2.24) is 9.13 Å². The van der Waals surface area contributed by atoms with E-state index in [-0.39, 0.29) is 13.0 Å². The summed E-state index contributed by atoms with van der Waals surface area (Å²) in [5.41, 5.74) is -3.76. The first-order valence-corrected chi connectivity index (χ1v) is 7.28. The van der Waals surface area contributed by atoms with Gasteiger partial charge in [-0.3, -0.25) is 13.9 Å². The van der Waals surface area contributed by atoms with Gasteiger partial charge in [0.15, 0.2) is 0 Å². The molecule has 0 aliphatic carbocycles. The van der Waals surface area contributed by atoms with Gasteiger partial charge in [-0.1, -0.05) is 0 Å². The molecule has 0 amide bonds. The van der Waals surface area contributed by atoms with Crippen LogP contribution in [0.3, 0.4) is 0 Å². The SMILES string of the molecule is CCOCCC(O)Cn1c(=O)c(C(F)(F)F)cn(C(C)C)c1=O. The minimum atomic E-state index is -4.88. The number of ether oxygens (including phenoxy) is 1. The Hall–Kier alpha value is -1.61. The highest BCUT2D eigenvalue weighted by molar-refractivity contribution is 5.10. The van der Waals surface area contributed by atoms with Gasteiger partial charge in [0, 0.05) is 25.5 Å². The zero-order chi connectivity index (χ0) is 17.8. The molecule has 1 aromatic rings. The quantitative estimate of drug-likeness (QED) is 0.763. The molecule has 9 heteroatoms. The standard InChI is InChI=1S/C14H21F3N2O4/c1-4-23-6-5-10(20)7-19-12(21)11(14(15,16)17)8-18(9(2)3)13(19)22/h8-10,20H,4-7H2,1-3H3. The van der Waals surface area contributed by atoms with Gasteiger partial charge in [0.2, 0.25) is 0 Å². The molecule has 0 saturated heterocycles. The highest BCUT2D eigenvalue weighted by Gasteiger charge is 2.36. The van der Waals surface area contributed by atoms with E-state index in [1.165, 1.54) is 13.8 Å². The van der Waals surface area contributed by atoms with Crippen LogP contribution in [0.15, 0.2) is 15.8 Å². The van der Waals surface area contributed by atoms with Gasteiger partial charge >= 0.3 is 11.9 Å². The second-order valence-corrected chi connectivity index (χ2v) is 5.38. The second-order valence-electron chi connectivity index (χ2n) is 5.38. The Morgan fingerprint density at radius 2 is 1.91 bits per heavy atom. The summed E-state index contributed by atoms with van der Waals surface area (Å²) in [4.78, 5) is 24.2. The Labute approximate surface area is 131 Å². The molecule has 1 atom stereocenters. The van der Waals surface area contributed by atoms with Gasteiger partial charge < -0.3 is 9.84 Å². The largest absolute Gasteiger partial charge is 0.423 e. The van der Waals surface area contributed by atoms with Crippen LogP contribution in [0.1, 0.15) is 38.8 Å². The summed E-state index contributed by atoms with van der Waals surface area (Å²) in [6, 6.07) is -0.559. The lowest BCUT2D eigenvalue weighted by Gasteiger charge is -2.18. The normalized spacial score (nSPS) is 13.6. The van der Waals surface area contributed by atoms with E-state index in [0.717, 1.165) is 4.57 Å². The van der Waals surface area contributed by atoms with Crippen molar-refractivity contribution >= 4 is 0 Å². The molecule has 1 heterocycles. The first-order valence-electron chi connectivity index (χ1n) is 7.28. The molecular weight excluding hydrogens is 317 g/mol. The first-order chi connectivity index (χ1) is 10.6.